The Hall–Kier alpha value is -2.21. The van der Waals surface area contributed by atoms with Gasteiger partial charge in [0.15, 0.2) is 0 Å². The Kier molecular flexibility index (Phi) is 10.4. The van der Waals surface area contributed by atoms with Gasteiger partial charge in [-0.05, 0) is 25.3 Å². The van der Waals surface area contributed by atoms with Crippen molar-refractivity contribution >= 4 is 51.2 Å². The minimum absolute atomic E-state index is 0.172. The monoisotopic (exact) mass is 486 g/mol. The van der Waals surface area contributed by atoms with E-state index in [1.165, 1.54) is 28.5 Å². The van der Waals surface area contributed by atoms with Gasteiger partial charge in [-0.1, -0.05) is 41.5 Å². The maximum atomic E-state index is 12.9. The number of rotatable bonds is 1. The van der Waals surface area contributed by atoms with E-state index in [2.05, 4.69) is 21.3 Å². The lowest BCUT2D eigenvalue weighted by atomic mass is 10.0. The van der Waals surface area contributed by atoms with Gasteiger partial charge in [-0.3, -0.25) is 24.0 Å². The Labute approximate surface area is 195 Å². The molecule has 0 spiro atoms. The van der Waals surface area contributed by atoms with Crippen molar-refractivity contribution in [1.29, 1.82) is 0 Å². The SMILES string of the molecule is CC(C)[C@H]1NC(=O)C[C@H]2/C=C/CCSSC[C@@H](NC1=O)C(=O)N[C@@H](C)C(=O)NCC(=O)O2. The summed E-state index contributed by atoms with van der Waals surface area (Å²) in [5.41, 5.74) is 0. The van der Waals surface area contributed by atoms with Gasteiger partial charge in [0.25, 0.3) is 0 Å². The van der Waals surface area contributed by atoms with Crippen LogP contribution in [0.4, 0.5) is 0 Å². The van der Waals surface area contributed by atoms with E-state index in [-0.39, 0.29) is 18.1 Å². The Balaban J connectivity index is 2.40. The molecular weight excluding hydrogens is 456 g/mol. The summed E-state index contributed by atoms with van der Waals surface area (Å²) in [4.78, 5) is 62.9. The van der Waals surface area contributed by atoms with Gasteiger partial charge < -0.3 is 26.0 Å². The zero-order valence-electron chi connectivity index (χ0n) is 18.3. The Bertz CT molecular complexity index is 760. The molecule has 1 saturated heterocycles. The first kappa shape index (κ1) is 26.0. The molecule has 2 aliphatic heterocycles. The van der Waals surface area contributed by atoms with Crippen LogP contribution in [-0.4, -0.2) is 71.9 Å². The van der Waals surface area contributed by atoms with Crippen molar-refractivity contribution in [2.24, 2.45) is 5.92 Å². The predicted octanol–water partition coefficient (Wildman–Crippen LogP) is -0.110. The van der Waals surface area contributed by atoms with Crippen LogP contribution in [0.3, 0.4) is 0 Å². The first-order valence-electron chi connectivity index (χ1n) is 10.5. The highest BCUT2D eigenvalue weighted by Crippen LogP contribution is 2.23. The number of amides is 4. The number of nitrogens with one attached hydrogen (secondary N) is 4. The van der Waals surface area contributed by atoms with Gasteiger partial charge in [0.05, 0.1) is 6.42 Å². The molecule has 178 valence electrons. The molecule has 2 rings (SSSR count). The van der Waals surface area contributed by atoms with Crippen molar-refractivity contribution in [3.63, 3.8) is 0 Å². The van der Waals surface area contributed by atoms with Crippen LogP contribution in [0.25, 0.3) is 0 Å². The highest BCUT2D eigenvalue weighted by atomic mass is 33.1. The molecule has 2 heterocycles. The fraction of sp³-hybridized carbons (Fsp3) is 0.650. The van der Waals surface area contributed by atoms with Gasteiger partial charge >= 0.3 is 5.97 Å². The van der Waals surface area contributed by atoms with E-state index in [1.54, 1.807) is 19.9 Å². The third kappa shape index (κ3) is 8.38. The number of ether oxygens (including phenoxy) is 1. The molecule has 12 heteroatoms. The third-order valence-electron chi connectivity index (χ3n) is 4.76. The maximum Gasteiger partial charge on any atom is 0.326 e. The number of carbonyl (C=O) groups excluding carboxylic acids is 5. The maximum absolute atomic E-state index is 12.9. The lowest BCUT2D eigenvalue weighted by Gasteiger charge is -2.26. The molecule has 2 bridgehead atoms. The van der Waals surface area contributed by atoms with E-state index in [0.29, 0.717) is 6.42 Å². The van der Waals surface area contributed by atoms with Gasteiger partial charge in [0.1, 0.15) is 30.8 Å². The van der Waals surface area contributed by atoms with Crippen LogP contribution in [0.1, 0.15) is 33.6 Å². The smallest absolute Gasteiger partial charge is 0.326 e. The fourth-order valence-corrected chi connectivity index (χ4v) is 5.14. The van der Waals surface area contributed by atoms with Crippen molar-refractivity contribution in [1.82, 2.24) is 21.3 Å². The summed E-state index contributed by atoms with van der Waals surface area (Å²) >= 11 is 0. The van der Waals surface area contributed by atoms with Gasteiger partial charge in [0, 0.05) is 11.5 Å². The van der Waals surface area contributed by atoms with Gasteiger partial charge in [0.2, 0.25) is 23.6 Å². The summed E-state index contributed by atoms with van der Waals surface area (Å²) < 4.78 is 5.36. The lowest BCUT2D eigenvalue weighted by molar-refractivity contribution is -0.148. The molecule has 0 aliphatic carbocycles. The van der Waals surface area contributed by atoms with E-state index >= 15 is 0 Å². The normalized spacial score (nSPS) is 30.3. The molecule has 0 radical (unpaired) electrons. The molecule has 2 aliphatic rings. The van der Waals surface area contributed by atoms with Crippen LogP contribution in [0.15, 0.2) is 12.2 Å². The second kappa shape index (κ2) is 12.7. The number of hydrogen-bond acceptors (Lipinski definition) is 8. The average molecular weight is 487 g/mol. The van der Waals surface area contributed by atoms with Crippen LogP contribution in [0, 0.1) is 5.92 Å². The molecule has 0 aromatic heterocycles. The molecule has 0 saturated carbocycles. The topological polar surface area (TPSA) is 143 Å². The second-order valence-corrected chi connectivity index (χ2v) is 10.5. The summed E-state index contributed by atoms with van der Waals surface area (Å²) in [6.45, 7) is 4.64. The first-order chi connectivity index (χ1) is 15.2. The number of esters is 1. The highest BCUT2D eigenvalue weighted by Gasteiger charge is 2.31. The summed E-state index contributed by atoms with van der Waals surface area (Å²) in [5, 5.41) is 10.4. The Morgan fingerprint density at radius 2 is 1.75 bits per heavy atom. The van der Waals surface area contributed by atoms with Crippen molar-refractivity contribution < 1.29 is 28.7 Å². The molecule has 0 aromatic rings. The molecule has 4 amide bonds. The third-order valence-corrected chi connectivity index (χ3v) is 7.21. The van der Waals surface area contributed by atoms with Crippen LogP contribution in [-0.2, 0) is 28.7 Å². The molecule has 32 heavy (non-hydrogen) atoms. The van der Waals surface area contributed by atoms with E-state index in [0.717, 1.165) is 5.75 Å². The zero-order chi connectivity index (χ0) is 23.7. The standard InChI is InChI=1S/C20H30N4O6S2/c1-11(2)17-20(29)23-14-10-32-31-7-5-4-6-13(8-15(25)24-17)30-16(26)9-21-18(27)12(3)22-19(14)28/h4,6,11-14,17H,5,7-10H2,1-3H3,(H,21,27)(H,22,28)(H,23,29)(H,24,25)/b6-4+/t12-,13+,14+,17+/m0/s1. The van der Waals surface area contributed by atoms with E-state index in [9.17, 15) is 24.0 Å². The van der Waals surface area contributed by atoms with Crippen molar-refractivity contribution in [3.05, 3.63) is 12.2 Å². The Morgan fingerprint density at radius 3 is 2.47 bits per heavy atom. The molecule has 0 unspecified atom stereocenters. The van der Waals surface area contributed by atoms with Crippen molar-refractivity contribution in [3.8, 4) is 0 Å². The summed E-state index contributed by atoms with van der Waals surface area (Å²) in [6, 6.07) is -2.71. The van der Waals surface area contributed by atoms with Gasteiger partial charge in [-0.25, -0.2) is 0 Å². The van der Waals surface area contributed by atoms with Gasteiger partial charge in [-0.2, -0.15) is 0 Å². The number of hydrogen-bond donors (Lipinski definition) is 4. The molecule has 4 N–H and O–H groups in total. The number of carbonyl (C=O) groups is 5. The van der Waals surface area contributed by atoms with E-state index < -0.39 is 60.4 Å². The summed E-state index contributed by atoms with van der Waals surface area (Å²) in [5.74, 6) is -2.01. The molecule has 1 fully saturated rings. The molecule has 10 nitrogen and oxygen atoms in total. The minimum Gasteiger partial charge on any atom is -0.456 e. The van der Waals surface area contributed by atoms with Crippen LogP contribution >= 0.6 is 21.6 Å². The first-order valence-corrected chi connectivity index (χ1v) is 12.9. The Morgan fingerprint density at radius 1 is 1.00 bits per heavy atom. The number of allylic oxidation sites excluding steroid dienone is 1. The van der Waals surface area contributed by atoms with Crippen LogP contribution < -0.4 is 21.3 Å². The summed E-state index contributed by atoms with van der Waals surface area (Å²) in [7, 11) is 2.96. The largest absolute Gasteiger partial charge is 0.456 e. The van der Waals surface area contributed by atoms with Crippen LogP contribution in [0.5, 0.6) is 0 Å². The predicted molar refractivity (Wildman–Crippen MR) is 122 cm³/mol. The lowest BCUT2D eigenvalue weighted by Crippen LogP contribution is -2.58. The van der Waals surface area contributed by atoms with E-state index in [4.69, 9.17) is 4.74 Å². The van der Waals surface area contributed by atoms with Crippen molar-refractivity contribution in [2.75, 3.05) is 18.1 Å². The molecule has 0 aromatic carbocycles. The zero-order valence-corrected chi connectivity index (χ0v) is 20.0. The van der Waals surface area contributed by atoms with Crippen LogP contribution in [0.2, 0.25) is 0 Å². The molecule has 4 atom stereocenters. The summed E-state index contributed by atoms with van der Waals surface area (Å²) in [6.07, 6.45) is 3.12. The average Bonchev–Trinajstić information content (AvgIpc) is 2.72. The number of fused-ring (bicyclic) bond motifs is 7. The van der Waals surface area contributed by atoms with Gasteiger partial charge in [-0.15, -0.1) is 0 Å². The van der Waals surface area contributed by atoms with Crippen molar-refractivity contribution in [2.45, 2.75) is 57.8 Å². The highest BCUT2D eigenvalue weighted by molar-refractivity contribution is 8.76. The van der Waals surface area contributed by atoms with E-state index in [1.807, 2.05) is 6.08 Å². The second-order valence-electron chi connectivity index (χ2n) is 7.85. The fourth-order valence-electron chi connectivity index (χ4n) is 2.99. The molecular formula is C20H30N4O6S2. The minimum atomic E-state index is -0.924. The quantitative estimate of drug-likeness (QED) is 0.228.